The van der Waals surface area contributed by atoms with Crippen LogP contribution in [0.1, 0.15) is 26.0 Å². The number of hydrogen-bond acceptors (Lipinski definition) is 3. The van der Waals surface area contributed by atoms with Crippen molar-refractivity contribution in [1.29, 1.82) is 0 Å². The van der Waals surface area contributed by atoms with Gasteiger partial charge in [-0.05, 0) is 25.6 Å². The summed E-state index contributed by atoms with van der Waals surface area (Å²) in [5.74, 6) is 0. The first-order valence-corrected chi connectivity index (χ1v) is 7.48. The van der Waals surface area contributed by atoms with Gasteiger partial charge in [0.25, 0.3) is 0 Å². The van der Waals surface area contributed by atoms with E-state index in [1.54, 1.807) is 6.20 Å². The van der Waals surface area contributed by atoms with Crippen LogP contribution in [0.25, 0.3) is 11.4 Å². The van der Waals surface area contributed by atoms with Crippen LogP contribution >= 0.6 is 11.6 Å². The Bertz CT molecular complexity index is 551. The molecule has 0 unspecified atom stereocenters. The van der Waals surface area contributed by atoms with Crippen molar-refractivity contribution in [3.05, 3.63) is 35.1 Å². The number of rotatable bonds is 1. The Morgan fingerprint density at radius 1 is 1.20 bits per heavy atom. The summed E-state index contributed by atoms with van der Waals surface area (Å²) in [6.07, 6.45) is 2.87. The van der Waals surface area contributed by atoms with Crippen molar-refractivity contribution in [3.8, 4) is 11.4 Å². The number of fused-ring (bicyclic) bond motifs is 1. The van der Waals surface area contributed by atoms with Gasteiger partial charge in [-0.2, -0.15) is 5.10 Å². The molecule has 20 heavy (non-hydrogen) atoms. The molecule has 0 saturated carbocycles. The summed E-state index contributed by atoms with van der Waals surface area (Å²) < 4.78 is 2.02. The Morgan fingerprint density at radius 2 is 2.00 bits per heavy atom. The minimum atomic E-state index is 0.738. The van der Waals surface area contributed by atoms with Crippen LogP contribution < -0.4 is 0 Å². The molecule has 0 spiro atoms. The summed E-state index contributed by atoms with van der Waals surface area (Å²) >= 11 is 6.46. The smallest absolute Gasteiger partial charge is 0.130 e. The lowest BCUT2D eigenvalue weighted by Crippen LogP contribution is -2.17. The largest absolute Gasteiger partial charge is 0.300 e. The molecule has 1 aliphatic rings. The highest BCUT2D eigenvalue weighted by molar-refractivity contribution is 6.33. The second kappa shape index (κ2) is 6.86. The Hall–Kier alpha value is -1.39. The standard InChI is InChI=1S/C13H15ClN4.C2H6/c1-17-7-4-8-18-11(9-17)12(14)13(16-18)10-5-2-3-6-15-10;1-2/h2-3,5-6H,4,7-9H2,1H3;1-2H3. The van der Waals surface area contributed by atoms with Crippen LogP contribution in [0.4, 0.5) is 0 Å². The van der Waals surface area contributed by atoms with Gasteiger partial charge in [0.1, 0.15) is 5.69 Å². The number of nitrogens with zero attached hydrogens (tertiary/aromatic N) is 4. The summed E-state index contributed by atoms with van der Waals surface area (Å²) in [5.41, 5.74) is 2.73. The van der Waals surface area contributed by atoms with E-state index in [1.165, 1.54) is 0 Å². The molecule has 0 radical (unpaired) electrons. The molecule has 0 N–H and O–H groups in total. The van der Waals surface area contributed by atoms with Crippen LogP contribution in [-0.4, -0.2) is 33.3 Å². The van der Waals surface area contributed by atoms with E-state index in [9.17, 15) is 0 Å². The van der Waals surface area contributed by atoms with E-state index in [0.717, 1.165) is 48.2 Å². The van der Waals surface area contributed by atoms with Gasteiger partial charge in [0.2, 0.25) is 0 Å². The normalized spacial score (nSPS) is 15.0. The lowest BCUT2D eigenvalue weighted by Gasteiger charge is -2.11. The van der Waals surface area contributed by atoms with Crippen LogP contribution in [0, 0.1) is 0 Å². The van der Waals surface area contributed by atoms with Crippen LogP contribution in [0.15, 0.2) is 24.4 Å². The predicted molar refractivity (Wildman–Crippen MR) is 82.8 cm³/mol. The van der Waals surface area contributed by atoms with Crippen LogP contribution in [-0.2, 0) is 13.1 Å². The Kier molecular flexibility index (Phi) is 5.15. The van der Waals surface area contributed by atoms with E-state index < -0.39 is 0 Å². The Morgan fingerprint density at radius 3 is 2.70 bits per heavy atom. The topological polar surface area (TPSA) is 34.0 Å². The SMILES string of the molecule is CC.CN1CCCn2nc(-c3ccccn3)c(Cl)c2C1. The van der Waals surface area contributed by atoms with Crippen molar-refractivity contribution in [2.45, 2.75) is 33.4 Å². The summed E-state index contributed by atoms with van der Waals surface area (Å²) in [4.78, 5) is 6.59. The number of aromatic nitrogens is 3. The molecule has 5 heteroatoms. The molecule has 0 amide bonds. The average Bonchev–Trinajstić information content (AvgIpc) is 2.68. The average molecular weight is 293 g/mol. The fraction of sp³-hybridized carbons (Fsp3) is 0.467. The van der Waals surface area contributed by atoms with Gasteiger partial charge in [0, 0.05) is 25.8 Å². The van der Waals surface area contributed by atoms with Gasteiger partial charge < -0.3 is 4.90 Å². The Balaban J connectivity index is 0.000000704. The van der Waals surface area contributed by atoms with Gasteiger partial charge in [-0.15, -0.1) is 0 Å². The Labute approximate surface area is 125 Å². The number of halogens is 1. The van der Waals surface area contributed by atoms with Crippen molar-refractivity contribution in [2.75, 3.05) is 13.6 Å². The molecule has 0 fully saturated rings. The first-order valence-electron chi connectivity index (χ1n) is 7.11. The molecular formula is C15H21ClN4. The zero-order valence-corrected chi connectivity index (χ0v) is 13.1. The van der Waals surface area contributed by atoms with E-state index in [-0.39, 0.29) is 0 Å². The number of pyridine rings is 1. The number of aryl methyl sites for hydroxylation is 1. The molecular weight excluding hydrogens is 272 g/mol. The maximum Gasteiger partial charge on any atom is 0.130 e. The van der Waals surface area contributed by atoms with Gasteiger partial charge in [-0.1, -0.05) is 31.5 Å². The van der Waals surface area contributed by atoms with Crippen LogP contribution in [0.2, 0.25) is 5.02 Å². The molecule has 108 valence electrons. The molecule has 4 nitrogen and oxygen atoms in total. The van der Waals surface area contributed by atoms with Gasteiger partial charge in [0.15, 0.2) is 0 Å². The lowest BCUT2D eigenvalue weighted by molar-refractivity contribution is 0.332. The van der Waals surface area contributed by atoms with Gasteiger partial charge in [0.05, 0.1) is 16.4 Å². The van der Waals surface area contributed by atoms with Crippen molar-refractivity contribution < 1.29 is 0 Å². The van der Waals surface area contributed by atoms with Crippen molar-refractivity contribution in [2.24, 2.45) is 0 Å². The van der Waals surface area contributed by atoms with Gasteiger partial charge in [-0.3, -0.25) is 9.67 Å². The molecule has 1 aliphatic heterocycles. The third-order valence-electron chi connectivity index (χ3n) is 3.23. The maximum absolute atomic E-state index is 6.46. The maximum atomic E-state index is 6.46. The molecule has 0 aromatic carbocycles. The summed E-state index contributed by atoms with van der Waals surface area (Å²) in [7, 11) is 2.11. The quantitative estimate of drug-likeness (QED) is 0.807. The lowest BCUT2D eigenvalue weighted by atomic mass is 10.2. The van der Waals surface area contributed by atoms with Crippen molar-refractivity contribution >= 4 is 11.6 Å². The summed E-state index contributed by atoms with van der Waals surface area (Å²) in [6, 6.07) is 5.79. The minimum absolute atomic E-state index is 0.738. The van der Waals surface area contributed by atoms with E-state index in [0.29, 0.717) is 0 Å². The first-order chi connectivity index (χ1) is 9.75. The van der Waals surface area contributed by atoms with Gasteiger partial charge in [-0.25, -0.2) is 0 Å². The second-order valence-electron chi connectivity index (χ2n) is 4.64. The van der Waals surface area contributed by atoms with Crippen LogP contribution in [0.3, 0.4) is 0 Å². The highest BCUT2D eigenvalue weighted by Crippen LogP contribution is 2.30. The highest BCUT2D eigenvalue weighted by Gasteiger charge is 2.21. The van der Waals surface area contributed by atoms with Gasteiger partial charge >= 0.3 is 0 Å². The molecule has 2 aromatic rings. The zero-order chi connectivity index (χ0) is 14.5. The molecule has 3 rings (SSSR count). The first kappa shape index (κ1) is 15.0. The molecule has 0 aliphatic carbocycles. The fourth-order valence-electron chi connectivity index (χ4n) is 2.30. The fourth-order valence-corrected chi connectivity index (χ4v) is 2.59. The van der Waals surface area contributed by atoms with E-state index in [1.807, 2.05) is 36.7 Å². The minimum Gasteiger partial charge on any atom is -0.300 e. The number of hydrogen-bond donors (Lipinski definition) is 0. The molecule has 2 aromatic heterocycles. The molecule has 0 atom stereocenters. The van der Waals surface area contributed by atoms with E-state index in [4.69, 9.17) is 11.6 Å². The van der Waals surface area contributed by atoms with Crippen LogP contribution in [0.5, 0.6) is 0 Å². The highest BCUT2D eigenvalue weighted by atomic mass is 35.5. The van der Waals surface area contributed by atoms with Crippen molar-refractivity contribution in [3.63, 3.8) is 0 Å². The summed E-state index contributed by atoms with van der Waals surface area (Å²) in [5, 5.41) is 5.35. The monoisotopic (exact) mass is 292 g/mol. The third kappa shape index (κ3) is 3.02. The second-order valence-corrected chi connectivity index (χ2v) is 5.02. The summed E-state index contributed by atoms with van der Waals surface area (Å²) in [6.45, 7) is 6.85. The zero-order valence-electron chi connectivity index (χ0n) is 12.3. The predicted octanol–water partition coefficient (Wildman–Crippen LogP) is 3.46. The van der Waals surface area contributed by atoms with Crippen molar-refractivity contribution in [1.82, 2.24) is 19.7 Å². The van der Waals surface area contributed by atoms with E-state index in [2.05, 4.69) is 22.0 Å². The van der Waals surface area contributed by atoms with E-state index >= 15 is 0 Å². The molecule has 0 saturated heterocycles. The molecule has 0 bridgehead atoms. The third-order valence-corrected chi connectivity index (χ3v) is 3.63. The molecule has 3 heterocycles.